The van der Waals surface area contributed by atoms with Crippen molar-refractivity contribution in [3.8, 4) is 0 Å². The second-order valence-electron chi connectivity index (χ2n) is 5.13. The summed E-state index contributed by atoms with van der Waals surface area (Å²) in [6, 6.07) is 0. The van der Waals surface area contributed by atoms with E-state index >= 15 is 0 Å². The molecule has 0 aromatic heterocycles. The van der Waals surface area contributed by atoms with Crippen molar-refractivity contribution in [3.05, 3.63) is 0 Å². The lowest BCUT2D eigenvalue weighted by atomic mass is 9.89. The van der Waals surface area contributed by atoms with Gasteiger partial charge in [0.2, 0.25) is 0 Å². The summed E-state index contributed by atoms with van der Waals surface area (Å²) in [5.74, 6) is 1.67. The Labute approximate surface area is 93.8 Å². The molecule has 0 aromatic carbocycles. The van der Waals surface area contributed by atoms with E-state index in [1.807, 2.05) is 0 Å². The molecule has 0 radical (unpaired) electrons. The molecule has 2 atom stereocenters. The van der Waals surface area contributed by atoms with E-state index in [1.54, 1.807) is 0 Å². The molecule has 88 valence electrons. The van der Waals surface area contributed by atoms with Gasteiger partial charge in [-0.2, -0.15) is 0 Å². The molecule has 1 saturated carbocycles. The molecule has 0 spiro atoms. The molecule has 2 fully saturated rings. The first kappa shape index (κ1) is 11.4. The molecule has 2 rings (SSSR count). The quantitative estimate of drug-likeness (QED) is 0.706. The predicted molar refractivity (Wildman–Crippen MR) is 63.0 cm³/mol. The molecule has 1 aliphatic carbocycles. The average molecular weight is 211 g/mol. The summed E-state index contributed by atoms with van der Waals surface area (Å²) >= 11 is 0. The van der Waals surface area contributed by atoms with E-state index in [-0.39, 0.29) is 0 Å². The van der Waals surface area contributed by atoms with E-state index < -0.39 is 0 Å². The van der Waals surface area contributed by atoms with Crippen LogP contribution in [-0.2, 0) is 4.74 Å². The highest BCUT2D eigenvalue weighted by Crippen LogP contribution is 2.36. The van der Waals surface area contributed by atoms with Crippen LogP contribution in [0, 0.1) is 11.8 Å². The van der Waals surface area contributed by atoms with Gasteiger partial charge in [0.1, 0.15) is 0 Å². The van der Waals surface area contributed by atoms with Crippen molar-refractivity contribution in [2.24, 2.45) is 11.8 Å². The van der Waals surface area contributed by atoms with Gasteiger partial charge >= 0.3 is 0 Å². The van der Waals surface area contributed by atoms with E-state index in [9.17, 15) is 0 Å². The van der Waals surface area contributed by atoms with Gasteiger partial charge in [-0.05, 0) is 38.1 Å². The molecule has 1 saturated heterocycles. The van der Waals surface area contributed by atoms with Gasteiger partial charge in [0.15, 0.2) is 0 Å². The Bertz CT molecular complexity index is 177. The topological polar surface area (TPSA) is 21.3 Å². The summed E-state index contributed by atoms with van der Waals surface area (Å²) in [6.07, 6.45) is 8.78. The number of hydrogen-bond donors (Lipinski definition) is 1. The lowest BCUT2D eigenvalue weighted by molar-refractivity contribution is 0.0437. The fourth-order valence-electron chi connectivity index (χ4n) is 3.15. The molecule has 15 heavy (non-hydrogen) atoms. The molecule has 0 bridgehead atoms. The highest BCUT2D eigenvalue weighted by molar-refractivity contribution is 4.86. The normalized spacial score (nSPS) is 32.6. The lowest BCUT2D eigenvalue weighted by Crippen LogP contribution is -2.32. The van der Waals surface area contributed by atoms with E-state index in [0.29, 0.717) is 6.10 Å². The van der Waals surface area contributed by atoms with Crippen molar-refractivity contribution < 1.29 is 4.74 Å². The summed E-state index contributed by atoms with van der Waals surface area (Å²) in [7, 11) is 0. The van der Waals surface area contributed by atoms with Crippen LogP contribution in [0.3, 0.4) is 0 Å². The zero-order valence-electron chi connectivity index (χ0n) is 10.0. The van der Waals surface area contributed by atoms with Crippen molar-refractivity contribution >= 4 is 0 Å². The van der Waals surface area contributed by atoms with Crippen LogP contribution in [0.4, 0.5) is 0 Å². The van der Waals surface area contributed by atoms with E-state index in [4.69, 9.17) is 4.74 Å². The second kappa shape index (κ2) is 5.86. The van der Waals surface area contributed by atoms with Crippen molar-refractivity contribution in [1.29, 1.82) is 0 Å². The maximum absolute atomic E-state index is 5.94. The van der Waals surface area contributed by atoms with Gasteiger partial charge in [-0.15, -0.1) is 0 Å². The summed E-state index contributed by atoms with van der Waals surface area (Å²) in [6.45, 7) is 5.56. The first-order chi connectivity index (χ1) is 7.42. The van der Waals surface area contributed by atoms with Crippen LogP contribution in [0.2, 0.25) is 0 Å². The van der Waals surface area contributed by atoms with Gasteiger partial charge in [0.05, 0.1) is 6.10 Å². The first-order valence-electron chi connectivity index (χ1n) is 6.74. The summed E-state index contributed by atoms with van der Waals surface area (Å²) in [4.78, 5) is 0. The molecule has 0 amide bonds. The molecule has 2 heteroatoms. The maximum atomic E-state index is 5.94. The average Bonchev–Trinajstić information content (AvgIpc) is 2.87. The van der Waals surface area contributed by atoms with Crippen LogP contribution < -0.4 is 5.32 Å². The Kier molecular flexibility index (Phi) is 4.45. The second-order valence-corrected chi connectivity index (χ2v) is 5.13. The molecular formula is C13H25NO. The van der Waals surface area contributed by atoms with Crippen molar-refractivity contribution in [2.75, 3.05) is 19.7 Å². The molecule has 1 heterocycles. The van der Waals surface area contributed by atoms with Crippen molar-refractivity contribution in [1.82, 2.24) is 5.32 Å². The van der Waals surface area contributed by atoms with E-state index in [0.717, 1.165) is 25.0 Å². The van der Waals surface area contributed by atoms with Crippen molar-refractivity contribution in [3.63, 3.8) is 0 Å². The number of rotatable bonds is 5. The van der Waals surface area contributed by atoms with Gasteiger partial charge in [-0.25, -0.2) is 0 Å². The van der Waals surface area contributed by atoms with Crippen LogP contribution in [0.5, 0.6) is 0 Å². The van der Waals surface area contributed by atoms with E-state index in [2.05, 4.69) is 12.2 Å². The zero-order chi connectivity index (χ0) is 10.5. The smallest absolute Gasteiger partial charge is 0.0644 e. The zero-order valence-corrected chi connectivity index (χ0v) is 10.0. The number of ether oxygens (including phenoxy) is 1. The maximum Gasteiger partial charge on any atom is 0.0644 e. The summed E-state index contributed by atoms with van der Waals surface area (Å²) < 4.78 is 5.94. The van der Waals surface area contributed by atoms with Crippen LogP contribution in [0.1, 0.15) is 45.4 Å². The monoisotopic (exact) mass is 211 g/mol. The Morgan fingerprint density at radius 1 is 1.20 bits per heavy atom. The Morgan fingerprint density at radius 2 is 2.00 bits per heavy atom. The van der Waals surface area contributed by atoms with Gasteiger partial charge in [0, 0.05) is 19.1 Å². The molecule has 2 aliphatic rings. The molecule has 1 aliphatic heterocycles. The molecule has 2 nitrogen and oxygen atoms in total. The van der Waals surface area contributed by atoms with Crippen LogP contribution in [0.25, 0.3) is 0 Å². The third-order valence-corrected chi connectivity index (χ3v) is 3.96. The van der Waals surface area contributed by atoms with Gasteiger partial charge < -0.3 is 10.1 Å². The number of hydrogen-bond acceptors (Lipinski definition) is 2. The highest BCUT2D eigenvalue weighted by atomic mass is 16.5. The Balaban J connectivity index is 1.76. The number of nitrogens with one attached hydrogen (secondary N) is 1. The third-order valence-electron chi connectivity index (χ3n) is 3.96. The minimum Gasteiger partial charge on any atom is -0.378 e. The fraction of sp³-hybridized carbons (Fsp3) is 1.00. The summed E-state index contributed by atoms with van der Waals surface area (Å²) in [5, 5.41) is 3.55. The van der Waals surface area contributed by atoms with Crippen LogP contribution in [-0.4, -0.2) is 25.8 Å². The van der Waals surface area contributed by atoms with Crippen LogP contribution in [0.15, 0.2) is 0 Å². The highest BCUT2D eigenvalue weighted by Gasteiger charge is 2.35. The fourth-order valence-corrected chi connectivity index (χ4v) is 3.15. The van der Waals surface area contributed by atoms with Crippen LogP contribution >= 0.6 is 0 Å². The largest absolute Gasteiger partial charge is 0.378 e. The Morgan fingerprint density at radius 3 is 2.73 bits per heavy atom. The molecule has 0 aromatic rings. The van der Waals surface area contributed by atoms with Crippen molar-refractivity contribution in [2.45, 2.75) is 51.6 Å². The third kappa shape index (κ3) is 2.94. The molecular weight excluding hydrogens is 186 g/mol. The van der Waals surface area contributed by atoms with Gasteiger partial charge in [-0.3, -0.25) is 0 Å². The summed E-state index contributed by atoms with van der Waals surface area (Å²) in [5.41, 5.74) is 0. The molecule has 2 unspecified atom stereocenters. The lowest BCUT2D eigenvalue weighted by Gasteiger charge is -2.24. The standard InChI is InChI=1S/C13H25NO/c1-2-8-14-10-12-7-9-15-13(12)11-5-3-4-6-11/h11-14H,2-10H2,1H3. The predicted octanol–water partition coefficient (Wildman–Crippen LogP) is 2.58. The molecule has 1 N–H and O–H groups in total. The first-order valence-corrected chi connectivity index (χ1v) is 6.74. The SMILES string of the molecule is CCCNCC1CCOC1C1CCCC1. The van der Waals surface area contributed by atoms with Gasteiger partial charge in [-0.1, -0.05) is 19.8 Å². The van der Waals surface area contributed by atoms with Gasteiger partial charge in [0.25, 0.3) is 0 Å². The van der Waals surface area contributed by atoms with E-state index in [1.165, 1.54) is 45.1 Å². The minimum absolute atomic E-state index is 0.580. The Hall–Kier alpha value is -0.0800. The minimum atomic E-state index is 0.580.